The molecule has 0 aliphatic carbocycles. The summed E-state index contributed by atoms with van der Waals surface area (Å²) in [6, 6.07) is 7.76. The largest absolute Gasteiger partial charge is 0.351 e. The van der Waals surface area contributed by atoms with Crippen molar-refractivity contribution in [2.75, 3.05) is 13.1 Å². The van der Waals surface area contributed by atoms with Gasteiger partial charge in [-0.05, 0) is 37.1 Å². The number of nitrogens with two attached hydrogens (primary N) is 1. The molecule has 0 fully saturated rings. The third-order valence-corrected chi connectivity index (χ3v) is 4.14. The Morgan fingerprint density at radius 1 is 1.27 bits per heavy atom. The monoisotopic (exact) mass is 359 g/mol. The Balaban J connectivity index is 0.00000242. The van der Waals surface area contributed by atoms with Crippen LogP contribution in [0.1, 0.15) is 27.5 Å². The summed E-state index contributed by atoms with van der Waals surface area (Å²) in [4.78, 5) is 16.2. The van der Waals surface area contributed by atoms with E-state index in [0.29, 0.717) is 25.2 Å². The summed E-state index contributed by atoms with van der Waals surface area (Å²) < 4.78 is 0. The van der Waals surface area contributed by atoms with Crippen molar-refractivity contribution in [2.45, 2.75) is 19.3 Å². The summed E-state index contributed by atoms with van der Waals surface area (Å²) in [7, 11) is 0. The molecule has 0 spiro atoms. The summed E-state index contributed by atoms with van der Waals surface area (Å²) in [6.07, 6.45) is 2.51. The van der Waals surface area contributed by atoms with Gasteiger partial charge < -0.3 is 11.1 Å². The number of amides is 1. The van der Waals surface area contributed by atoms with E-state index in [-0.39, 0.29) is 18.3 Å². The molecule has 2 aromatic rings. The maximum atomic E-state index is 11.9. The number of aryl methyl sites for hydroxylation is 1. The molecule has 0 aliphatic heterocycles. The molecule has 120 valence electrons. The van der Waals surface area contributed by atoms with Crippen LogP contribution >= 0.6 is 35.3 Å². The summed E-state index contributed by atoms with van der Waals surface area (Å²) >= 11 is 7.31. The van der Waals surface area contributed by atoms with Crippen molar-refractivity contribution in [1.82, 2.24) is 10.3 Å². The predicted molar refractivity (Wildman–Crippen MR) is 94.2 cm³/mol. The van der Waals surface area contributed by atoms with Crippen molar-refractivity contribution in [1.29, 1.82) is 0 Å². The average Bonchev–Trinajstić information content (AvgIpc) is 2.94. The fraction of sp³-hybridized carbons (Fsp3) is 0.333. The van der Waals surface area contributed by atoms with E-state index >= 15 is 0 Å². The van der Waals surface area contributed by atoms with Crippen LogP contribution in [0, 0.1) is 0 Å². The summed E-state index contributed by atoms with van der Waals surface area (Å²) in [5.74, 6) is -0.120. The van der Waals surface area contributed by atoms with Crippen LogP contribution in [-0.2, 0) is 12.8 Å². The lowest BCUT2D eigenvalue weighted by molar-refractivity contribution is 0.0949. The highest BCUT2D eigenvalue weighted by atomic mass is 35.5. The van der Waals surface area contributed by atoms with E-state index in [9.17, 15) is 4.79 Å². The maximum absolute atomic E-state index is 11.9. The van der Waals surface area contributed by atoms with Crippen LogP contribution < -0.4 is 11.1 Å². The lowest BCUT2D eigenvalue weighted by atomic mass is 10.1. The highest BCUT2D eigenvalue weighted by Gasteiger charge is 2.09. The van der Waals surface area contributed by atoms with Gasteiger partial charge in [-0.1, -0.05) is 23.7 Å². The Hall–Kier alpha value is -1.14. The molecule has 1 amide bonds. The zero-order valence-electron chi connectivity index (χ0n) is 12.0. The number of hydrogen-bond acceptors (Lipinski definition) is 4. The van der Waals surface area contributed by atoms with Crippen LogP contribution in [-0.4, -0.2) is 24.0 Å². The van der Waals surface area contributed by atoms with Gasteiger partial charge in [0, 0.05) is 23.4 Å². The van der Waals surface area contributed by atoms with E-state index in [2.05, 4.69) is 10.3 Å². The van der Waals surface area contributed by atoms with E-state index in [1.165, 1.54) is 16.9 Å². The number of carbonyl (C=O) groups is 1. The van der Waals surface area contributed by atoms with Gasteiger partial charge in [-0.3, -0.25) is 4.79 Å². The number of benzene rings is 1. The summed E-state index contributed by atoms with van der Waals surface area (Å²) in [5.41, 5.74) is 7.16. The van der Waals surface area contributed by atoms with E-state index in [1.54, 1.807) is 5.38 Å². The van der Waals surface area contributed by atoms with E-state index in [0.717, 1.165) is 22.9 Å². The Bertz CT molecular complexity index is 587. The minimum Gasteiger partial charge on any atom is -0.351 e. The molecule has 7 heteroatoms. The van der Waals surface area contributed by atoms with Crippen LogP contribution in [0.15, 0.2) is 29.6 Å². The zero-order chi connectivity index (χ0) is 15.1. The second kappa shape index (κ2) is 9.79. The van der Waals surface area contributed by atoms with E-state index < -0.39 is 0 Å². The lowest BCUT2D eigenvalue weighted by Crippen LogP contribution is -2.25. The van der Waals surface area contributed by atoms with E-state index in [1.807, 2.05) is 24.3 Å². The van der Waals surface area contributed by atoms with Gasteiger partial charge in [0.2, 0.25) is 0 Å². The molecule has 0 unspecified atom stereocenters. The quantitative estimate of drug-likeness (QED) is 0.746. The number of hydrogen-bond donors (Lipinski definition) is 2. The molecule has 0 saturated heterocycles. The first-order valence-corrected chi connectivity index (χ1v) is 8.12. The number of nitrogens with zero attached hydrogens (tertiary/aromatic N) is 1. The van der Waals surface area contributed by atoms with Crippen molar-refractivity contribution >= 4 is 41.3 Å². The Labute approximate surface area is 145 Å². The van der Waals surface area contributed by atoms with Crippen molar-refractivity contribution in [3.8, 4) is 0 Å². The van der Waals surface area contributed by atoms with Crippen molar-refractivity contribution in [3.05, 3.63) is 50.9 Å². The first-order chi connectivity index (χ1) is 10.2. The molecule has 0 saturated carbocycles. The molecular formula is C15H19Cl2N3OS. The fourth-order valence-corrected chi connectivity index (χ4v) is 2.81. The van der Waals surface area contributed by atoms with Gasteiger partial charge in [0.05, 0.1) is 5.01 Å². The minimum absolute atomic E-state index is 0. The van der Waals surface area contributed by atoms with Gasteiger partial charge in [0.25, 0.3) is 5.91 Å². The lowest BCUT2D eigenvalue weighted by Gasteiger charge is -2.04. The standard InChI is InChI=1S/C15H18ClN3OS.ClH/c16-12-5-3-11(4-6-12)2-1-9-18-15(20)13-10-21-14(19-13)7-8-17;/h3-6,10H,1-2,7-9,17H2,(H,18,20);1H. The van der Waals surface area contributed by atoms with Gasteiger partial charge in [0.1, 0.15) is 5.69 Å². The highest BCUT2D eigenvalue weighted by molar-refractivity contribution is 7.09. The second-order valence-corrected chi connectivity index (χ2v) is 6.03. The van der Waals surface area contributed by atoms with Gasteiger partial charge in [0.15, 0.2) is 0 Å². The van der Waals surface area contributed by atoms with Gasteiger partial charge >= 0.3 is 0 Å². The minimum atomic E-state index is -0.120. The number of carbonyl (C=O) groups excluding carboxylic acids is 1. The fourth-order valence-electron chi connectivity index (χ4n) is 1.89. The summed E-state index contributed by atoms with van der Waals surface area (Å²) in [6.45, 7) is 1.18. The summed E-state index contributed by atoms with van der Waals surface area (Å²) in [5, 5.41) is 6.31. The Morgan fingerprint density at radius 3 is 2.68 bits per heavy atom. The molecule has 0 atom stereocenters. The van der Waals surface area contributed by atoms with Crippen molar-refractivity contribution in [3.63, 3.8) is 0 Å². The first-order valence-electron chi connectivity index (χ1n) is 6.86. The Kier molecular flexibility index (Phi) is 8.42. The third-order valence-electron chi connectivity index (χ3n) is 2.98. The van der Waals surface area contributed by atoms with Crippen LogP contribution in [0.4, 0.5) is 0 Å². The number of aromatic nitrogens is 1. The topological polar surface area (TPSA) is 68.0 Å². The molecule has 1 heterocycles. The average molecular weight is 360 g/mol. The molecule has 1 aromatic carbocycles. The predicted octanol–water partition coefficient (Wildman–Crippen LogP) is 3.08. The van der Waals surface area contributed by atoms with Crippen LogP contribution in [0.5, 0.6) is 0 Å². The van der Waals surface area contributed by atoms with Crippen molar-refractivity contribution in [2.24, 2.45) is 5.73 Å². The van der Waals surface area contributed by atoms with Gasteiger partial charge in [-0.25, -0.2) is 4.98 Å². The number of nitrogens with one attached hydrogen (secondary N) is 1. The van der Waals surface area contributed by atoms with Crippen molar-refractivity contribution < 1.29 is 4.79 Å². The number of halogens is 2. The third kappa shape index (κ3) is 5.93. The number of rotatable bonds is 7. The van der Waals surface area contributed by atoms with Gasteiger partial charge in [-0.2, -0.15) is 0 Å². The van der Waals surface area contributed by atoms with E-state index in [4.69, 9.17) is 17.3 Å². The van der Waals surface area contributed by atoms with Crippen LogP contribution in [0.25, 0.3) is 0 Å². The normalized spacial score (nSPS) is 10.1. The zero-order valence-corrected chi connectivity index (χ0v) is 14.4. The first kappa shape index (κ1) is 18.9. The molecule has 3 N–H and O–H groups in total. The molecule has 4 nitrogen and oxygen atoms in total. The molecule has 0 bridgehead atoms. The SMILES string of the molecule is Cl.NCCc1nc(C(=O)NCCCc2ccc(Cl)cc2)cs1. The van der Waals surface area contributed by atoms with Crippen LogP contribution in [0.2, 0.25) is 5.02 Å². The Morgan fingerprint density at radius 2 is 2.00 bits per heavy atom. The maximum Gasteiger partial charge on any atom is 0.270 e. The molecule has 0 radical (unpaired) electrons. The molecule has 22 heavy (non-hydrogen) atoms. The molecular weight excluding hydrogens is 341 g/mol. The number of thiazole rings is 1. The smallest absolute Gasteiger partial charge is 0.270 e. The molecule has 0 aliphatic rings. The second-order valence-electron chi connectivity index (χ2n) is 4.65. The molecule has 2 rings (SSSR count). The highest BCUT2D eigenvalue weighted by Crippen LogP contribution is 2.11. The molecule has 1 aromatic heterocycles. The van der Waals surface area contributed by atoms with Gasteiger partial charge in [-0.15, -0.1) is 23.7 Å². The van der Waals surface area contributed by atoms with Crippen LogP contribution in [0.3, 0.4) is 0 Å².